The van der Waals surface area contributed by atoms with E-state index in [2.05, 4.69) is 10.3 Å². The zero-order chi connectivity index (χ0) is 21.3. The van der Waals surface area contributed by atoms with Gasteiger partial charge in [0.2, 0.25) is 0 Å². The fourth-order valence-electron chi connectivity index (χ4n) is 3.00. The van der Waals surface area contributed by atoms with Crippen LogP contribution in [-0.2, 0) is 0 Å². The molecule has 0 fully saturated rings. The molecular weight excluding hydrogens is 426 g/mol. The second-order valence-electron chi connectivity index (χ2n) is 6.22. The molecule has 0 saturated carbocycles. The Hall–Kier alpha value is -3.36. The zero-order valence-corrected chi connectivity index (χ0v) is 17.6. The van der Waals surface area contributed by atoms with Crippen LogP contribution in [0.15, 0.2) is 58.8 Å². The Morgan fingerprint density at radius 2 is 1.97 bits per heavy atom. The fourth-order valence-corrected chi connectivity index (χ4v) is 4.08. The third-order valence-electron chi connectivity index (χ3n) is 4.50. The Morgan fingerprint density at radius 3 is 2.70 bits per heavy atom. The third kappa shape index (κ3) is 3.51. The summed E-state index contributed by atoms with van der Waals surface area (Å²) < 4.78 is 11.8. The maximum atomic E-state index is 13.2. The van der Waals surface area contributed by atoms with Crippen molar-refractivity contribution in [2.75, 3.05) is 19.5 Å². The summed E-state index contributed by atoms with van der Waals surface area (Å²) in [5.74, 6) is 0.390. The van der Waals surface area contributed by atoms with Crippen molar-refractivity contribution in [3.8, 4) is 22.8 Å². The lowest BCUT2D eigenvalue weighted by Gasteiger charge is -2.11. The maximum Gasteiger partial charge on any atom is 0.271 e. The molecule has 0 spiro atoms. The molecule has 4 aromatic rings. The van der Waals surface area contributed by atoms with Gasteiger partial charge in [0.05, 0.1) is 25.6 Å². The summed E-state index contributed by atoms with van der Waals surface area (Å²) in [6.07, 6.45) is 1.27. The predicted molar refractivity (Wildman–Crippen MR) is 117 cm³/mol. The van der Waals surface area contributed by atoms with Crippen molar-refractivity contribution >= 4 is 39.5 Å². The van der Waals surface area contributed by atoms with E-state index in [-0.39, 0.29) is 5.56 Å². The highest BCUT2D eigenvalue weighted by Gasteiger charge is 2.19. The number of thiazole rings is 1. The normalized spacial score (nSPS) is 10.8. The summed E-state index contributed by atoms with van der Waals surface area (Å²) >= 11 is 7.60. The second-order valence-corrected chi connectivity index (χ2v) is 7.46. The average Bonchev–Trinajstić information content (AvgIpc) is 3.19. The van der Waals surface area contributed by atoms with Gasteiger partial charge in [-0.15, -0.1) is 11.3 Å². The van der Waals surface area contributed by atoms with Crippen LogP contribution in [0.25, 0.3) is 16.2 Å². The highest BCUT2D eigenvalue weighted by atomic mass is 35.5. The minimum atomic E-state index is -0.596. The number of halogens is 1. The van der Waals surface area contributed by atoms with Gasteiger partial charge in [-0.1, -0.05) is 29.8 Å². The first-order chi connectivity index (χ1) is 14.5. The minimum Gasteiger partial charge on any atom is -0.497 e. The number of carbonyl (C=O) groups is 1. The molecule has 0 aliphatic carbocycles. The second kappa shape index (κ2) is 8.17. The lowest BCUT2D eigenvalue weighted by molar-refractivity contribution is 0.102. The quantitative estimate of drug-likeness (QED) is 0.498. The lowest BCUT2D eigenvalue weighted by Crippen LogP contribution is -2.26. The molecular formula is C21H16ClN3O4S. The summed E-state index contributed by atoms with van der Waals surface area (Å²) in [4.78, 5) is 30.8. The Kier molecular flexibility index (Phi) is 5.43. The van der Waals surface area contributed by atoms with Crippen LogP contribution in [0.3, 0.4) is 0 Å². The van der Waals surface area contributed by atoms with Gasteiger partial charge in [0.1, 0.15) is 17.1 Å². The number of fused-ring (bicyclic) bond motifs is 1. The largest absolute Gasteiger partial charge is 0.497 e. The van der Waals surface area contributed by atoms with Gasteiger partial charge in [-0.2, -0.15) is 0 Å². The van der Waals surface area contributed by atoms with E-state index in [0.717, 1.165) is 0 Å². The standard InChI is InChI=1S/C21H16ClN3O4S/c1-28-12-7-8-16(18(9-12)29-2)24-19(26)14-10-23-21-25(20(14)27)17(11-30-21)13-5-3-4-6-15(13)22/h3-11H,1-2H3,(H,24,26). The van der Waals surface area contributed by atoms with Gasteiger partial charge in [0, 0.05) is 28.2 Å². The molecule has 1 amide bonds. The van der Waals surface area contributed by atoms with E-state index in [1.54, 1.807) is 29.6 Å². The molecule has 0 aliphatic rings. The molecule has 152 valence electrons. The number of rotatable bonds is 5. The van der Waals surface area contributed by atoms with Gasteiger partial charge in [-0.25, -0.2) is 4.98 Å². The molecule has 0 saturated heterocycles. The van der Waals surface area contributed by atoms with Crippen LogP contribution in [0, 0.1) is 0 Å². The number of benzene rings is 2. The summed E-state index contributed by atoms with van der Waals surface area (Å²) in [5.41, 5.74) is 1.08. The Labute approximate surface area is 180 Å². The number of nitrogens with zero attached hydrogens (tertiary/aromatic N) is 2. The number of hydrogen-bond acceptors (Lipinski definition) is 6. The van der Waals surface area contributed by atoms with E-state index in [9.17, 15) is 9.59 Å². The SMILES string of the molecule is COc1ccc(NC(=O)c2cnc3scc(-c4ccccc4Cl)n3c2=O)c(OC)c1. The molecule has 30 heavy (non-hydrogen) atoms. The van der Waals surface area contributed by atoms with Crippen molar-refractivity contribution in [1.82, 2.24) is 9.38 Å². The van der Waals surface area contributed by atoms with Crippen LogP contribution in [0.2, 0.25) is 5.02 Å². The van der Waals surface area contributed by atoms with E-state index >= 15 is 0 Å². The highest BCUT2D eigenvalue weighted by molar-refractivity contribution is 7.15. The zero-order valence-electron chi connectivity index (χ0n) is 16.0. The number of ether oxygens (including phenoxy) is 2. The number of carbonyl (C=O) groups excluding carboxylic acids is 1. The van der Waals surface area contributed by atoms with E-state index in [0.29, 0.717) is 38.4 Å². The summed E-state index contributed by atoms with van der Waals surface area (Å²) in [6.45, 7) is 0. The topological polar surface area (TPSA) is 81.9 Å². The van der Waals surface area contributed by atoms with Crippen molar-refractivity contribution < 1.29 is 14.3 Å². The van der Waals surface area contributed by atoms with Gasteiger partial charge in [0.15, 0.2) is 4.96 Å². The third-order valence-corrected chi connectivity index (χ3v) is 5.67. The van der Waals surface area contributed by atoms with Gasteiger partial charge in [0.25, 0.3) is 11.5 Å². The molecule has 2 heterocycles. The molecule has 0 unspecified atom stereocenters. The van der Waals surface area contributed by atoms with E-state index in [1.165, 1.54) is 36.2 Å². The Morgan fingerprint density at radius 1 is 1.17 bits per heavy atom. The minimum absolute atomic E-state index is 0.0999. The first-order valence-corrected chi connectivity index (χ1v) is 10.1. The van der Waals surface area contributed by atoms with Crippen LogP contribution in [0.1, 0.15) is 10.4 Å². The maximum absolute atomic E-state index is 13.2. The monoisotopic (exact) mass is 441 g/mol. The number of hydrogen-bond donors (Lipinski definition) is 1. The van der Waals surface area contributed by atoms with Crippen molar-refractivity contribution in [3.63, 3.8) is 0 Å². The number of amides is 1. The van der Waals surface area contributed by atoms with E-state index < -0.39 is 11.5 Å². The highest BCUT2D eigenvalue weighted by Crippen LogP contribution is 2.31. The number of aromatic nitrogens is 2. The number of methoxy groups -OCH3 is 2. The summed E-state index contributed by atoms with van der Waals surface area (Å²) in [7, 11) is 3.01. The van der Waals surface area contributed by atoms with Gasteiger partial charge < -0.3 is 14.8 Å². The molecule has 2 aromatic carbocycles. The van der Waals surface area contributed by atoms with E-state index in [4.69, 9.17) is 21.1 Å². The molecule has 0 bridgehead atoms. The molecule has 0 radical (unpaired) electrons. The molecule has 9 heteroatoms. The molecule has 4 rings (SSSR count). The van der Waals surface area contributed by atoms with Crippen LogP contribution in [0.4, 0.5) is 5.69 Å². The first kappa shape index (κ1) is 19.9. The average molecular weight is 442 g/mol. The lowest BCUT2D eigenvalue weighted by atomic mass is 10.2. The van der Waals surface area contributed by atoms with E-state index in [1.807, 2.05) is 18.2 Å². The smallest absolute Gasteiger partial charge is 0.271 e. The fraction of sp³-hybridized carbons (Fsp3) is 0.0952. The molecule has 1 N–H and O–H groups in total. The van der Waals surface area contributed by atoms with Crippen LogP contribution < -0.4 is 20.3 Å². The van der Waals surface area contributed by atoms with Gasteiger partial charge >= 0.3 is 0 Å². The van der Waals surface area contributed by atoms with Crippen molar-refractivity contribution in [2.24, 2.45) is 0 Å². The Balaban J connectivity index is 1.76. The van der Waals surface area contributed by atoms with Crippen molar-refractivity contribution in [2.45, 2.75) is 0 Å². The summed E-state index contributed by atoms with van der Waals surface area (Å²) in [5, 5.41) is 4.99. The molecule has 7 nitrogen and oxygen atoms in total. The Bertz CT molecular complexity index is 1320. The van der Waals surface area contributed by atoms with Crippen molar-refractivity contribution in [1.29, 1.82) is 0 Å². The van der Waals surface area contributed by atoms with Crippen LogP contribution >= 0.6 is 22.9 Å². The van der Waals surface area contributed by atoms with Crippen molar-refractivity contribution in [3.05, 3.63) is 75.0 Å². The van der Waals surface area contributed by atoms with Gasteiger partial charge in [-0.05, 0) is 18.2 Å². The predicted octanol–water partition coefficient (Wildman–Crippen LogP) is 4.35. The van der Waals surface area contributed by atoms with Gasteiger partial charge in [-0.3, -0.25) is 14.0 Å². The number of anilines is 1. The molecule has 0 atom stereocenters. The van der Waals surface area contributed by atoms with Crippen LogP contribution in [-0.4, -0.2) is 29.5 Å². The van der Waals surface area contributed by atoms with Crippen LogP contribution in [0.5, 0.6) is 11.5 Å². The number of nitrogens with one attached hydrogen (secondary N) is 1. The summed E-state index contributed by atoms with van der Waals surface area (Å²) in [6, 6.07) is 12.1. The molecule has 0 aliphatic heterocycles. The first-order valence-electron chi connectivity index (χ1n) is 8.81. The molecule has 2 aromatic heterocycles.